The van der Waals surface area contributed by atoms with Crippen molar-refractivity contribution < 1.29 is 9.47 Å². The van der Waals surface area contributed by atoms with E-state index in [1.54, 1.807) is 0 Å². The summed E-state index contributed by atoms with van der Waals surface area (Å²) in [5.41, 5.74) is 15.4. The minimum absolute atomic E-state index is 0.768. The van der Waals surface area contributed by atoms with Crippen molar-refractivity contribution in [2.45, 2.75) is 300 Å². The lowest BCUT2D eigenvalue weighted by atomic mass is 9.98. The molecule has 4 aromatic rings. The fraction of sp³-hybridized carbons (Fsp3) is 0.671. The van der Waals surface area contributed by atoms with Gasteiger partial charge in [-0.25, -0.2) is 0 Å². The molecule has 2 bridgehead atoms. The van der Waals surface area contributed by atoms with Crippen LogP contribution in [0.2, 0.25) is 0 Å². The molecule has 6 rings (SSSR count). The van der Waals surface area contributed by atoms with E-state index in [9.17, 15) is 0 Å². The summed E-state index contributed by atoms with van der Waals surface area (Å²) in [7, 11) is 0. The highest BCUT2D eigenvalue weighted by Crippen LogP contribution is 2.43. The van der Waals surface area contributed by atoms with Crippen molar-refractivity contribution in [1.82, 2.24) is 0 Å². The van der Waals surface area contributed by atoms with Crippen LogP contribution in [0.4, 0.5) is 34.1 Å². The maximum absolute atomic E-state index is 6.36. The van der Waals surface area contributed by atoms with E-state index < -0.39 is 0 Å². The van der Waals surface area contributed by atoms with Gasteiger partial charge in [0.2, 0.25) is 0 Å². The zero-order valence-corrected chi connectivity index (χ0v) is 53.1. The van der Waals surface area contributed by atoms with E-state index in [0.29, 0.717) is 0 Å². The average molecular weight is 1110 g/mol. The van der Waals surface area contributed by atoms with Gasteiger partial charge in [-0.05, 0) is 135 Å². The van der Waals surface area contributed by atoms with Gasteiger partial charge in [-0.1, -0.05) is 244 Å². The van der Waals surface area contributed by atoms with Gasteiger partial charge < -0.3 is 19.3 Å². The Morgan fingerprint density at radius 2 is 0.568 bits per heavy atom. The SMILES string of the molecule is CCCCCCCCCCCCCCCCCCCCOc1c(C)cc(N=Nc2cc3c(cc2C)CN2CN3Cc3cc(C)c(N=Nc4cc(C)c(OCCCCCCCCCCCCCCCCCCCC)c(C)c4)cc32)cc1C. The molecule has 0 aliphatic carbocycles. The zero-order chi connectivity index (χ0) is 57.3. The molecule has 2 aliphatic rings. The quantitative estimate of drug-likeness (QED) is 0.0327. The fourth-order valence-electron chi connectivity index (χ4n) is 12.6. The molecule has 0 saturated heterocycles. The monoisotopic (exact) mass is 1110 g/mol. The van der Waals surface area contributed by atoms with Crippen molar-refractivity contribution in [3.05, 3.63) is 93.0 Å². The third-order valence-corrected chi connectivity index (χ3v) is 17.5. The number of fused-ring (bicyclic) bond motifs is 6. The molecule has 0 amide bonds. The standard InChI is InChI=1S/C73H114N6O2/c1-9-11-13-15-17-19-21-23-25-27-29-31-33-35-37-39-41-43-45-80-72-60(5)49-66(50-61(72)6)74-76-68-53-70-64(47-58(68)3)55-79-57-78(70)56-65-48-59(4)69(54-71(65)79)77-75-67-51-62(7)73(63(8)52-67)81-46-44-42-40-38-36-34-32-30-28-26-24-22-20-18-16-14-12-10-2/h47-54H,9-46,55-57H2,1-8H3. The summed E-state index contributed by atoms with van der Waals surface area (Å²) in [6, 6.07) is 17.5. The second kappa shape index (κ2) is 38.2. The Hall–Kier alpha value is -4.72. The maximum Gasteiger partial charge on any atom is 0.125 e. The van der Waals surface area contributed by atoms with Crippen LogP contribution in [0.3, 0.4) is 0 Å². The number of ether oxygens (including phenoxy) is 2. The highest BCUT2D eigenvalue weighted by Gasteiger charge is 2.31. The van der Waals surface area contributed by atoms with Gasteiger partial charge in [0.25, 0.3) is 0 Å². The van der Waals surface area contributed by atoms with Crippen molar-refractivity contribution in [2.24, 2.45) is 20.5 Å². The number of hydrogen-bond acceptors (Lipinski definition) is 8. The topological polar surface area (TPSA) is 74.4 Å². The van der Waals surface area contributed by atoms with Gasteiger partial charge in [-0.3, -0.25) is 0 Å². The normalized spacial score (nSPS) is 13.0. The van der Waals surface area contributed by atoms with E-state index >= 15 is 0 Å². The van der Waals surface area contributed by atoms with Gasteiger partial charge >= 0.3 is 0 Å². The number of azo groups is 2. The van der Waals surface area contributed by atoms with E-state index in [-0.39, 0.29) is 0 Å². The summed E-state index contributed by atoms with van der Waals surface area (Å²) >= 11 is 0. The molecule has 0 N–H and O–H groups in total. The number of aryl methyl sites for hydroxylation is 6. The summed E-state index contributed by atoms with van der Waals surface area (Å²) in [4.78, 5) is 4.94. The molecule has 0 aromatic heterocycles. The van der Waals surface area contributed by atoms with Gasteiger partial charge in [0, 0.05) is 24.5 Å². The van der Waals surface area contributed by atoms with Crippen LogP contribution < -0.4 is 19.3 Å². The number of unbranched alkanes of at least 4 members (excludes halogenated alkanes) is 34. The van der Waals surface area contributed by atoms with E-state index in [4.69, 9.17) is 29.9 Å². The Labute approximate surface area is 495 Å². The number of hydrogen-bond donors (Lipinski definition) is 0. The van der Waals surface area contributed by atoms with Crippen LogP contribution in [-0.2, 0) is 13.1 Å². The second-order valence-electron chi connectivity index (χ2n) is 25.0. The molecule has 4 aromatic carbocycles. The molecule has 448 valence electrons. The molecule has 8 heteroatoms. The summed E-state index contributed by atoms with van der Waals surface area (Å²) < 4.78 is 12.7. The van der Waals surface area contributed by atoms with Gasteiger partial charge in [0.1, 0.15) is 11.5 Å². The van der Waals surface area contributed by atoms with E-state index in [1.807, 2.05) is 0 Å². The van der Waals surface area contributed by atoms with Crippen LogP contribution in [0, 0.1) is 41.5 Å². The summed E-state index contributed by atoms with van der Waals surface area (Å²) in [6.07, 6.45) is 49.9. The maximum atomic E-state index is 6.36. The van der Waals surface area contributed by atoms with Crippen molar-refractivity contribution in [3.8, 4) is 11.5 Å². The van der Waals surface area contributed by atoms with Gasteiger partial charge in [0.05, 0.1) is 42.6 Å². The Bertz CT molecular complexity index is 2260. The molecule has 2 aliphatic heterocycles. The number of rotatable bonds is 44. The molecular formula is C73H114N6O2. The molecule has 8 nitrogen and oxygen atoms in total. The first kappa shape index (κ1) is 65.4. The van der Waals surface area contributed by atoms with Crippen LogP contribution in [0.5, 0.6) is 11.5 Å². The molecule has 0 radical (unpaired) electrons. The van der Waals surface area contributed by atoms with Gasteiger partial charge in [-0.2, -0.15) is 20.5 Å². The minimum atomic E-state index is 0.768. The van der Waals surface area contributed by atoms with Gasteiger partial charge in [0.15, 0.2) is 0 Å². The van der Waals surface area contributed by atoms with Crippen LogP contribution in [0.25, 0.3) is 0 Å². The van der Waals surface area contributed by atoms with Crippen LogP contribution >= 0.6 is 0 Å². The third kappa shape index (κ3) is 23.5. The summed E-state index contributed by atoms with van der Waals surface area (Å²) in [5, 5.41) is 19.3. The molecule has 0 saturated carbocycles. The first-order chi connectivity index (χ1) is 39.6. The first-order valence-electron chi connectivity index (χ1n) is 33.7. The lowest BCUT2D eigenvalue weighted by Crippen LogP contribution is -2.46. The summed E-state index contributed by atoms with van der Waals surface area (Å²) in [5.74, 6) is 1.99. The lowest BCUT2D eigenvalue weighted by molar-refractivity contribution is 0.300. The van der Waals surface area contributed by atoms with Crippen LogP contribution in [-0.4, -0.2) is 19.9 Å². The van der Waals surface area contributed by atoms with Crippen molar-refractivity contribution in [2.75, 3.05) is 29.7 Å². The second-order valence-corrected chi connectivity index (χ2v) is 25.0. The Balaban J connectivity index is 0.867. The molecular weight excluding hydrogens is 993 g/mol. The highest BCUT2D eigenvalue weighted by molar-refractivity contribution is 5.74. The first-order valence-corrected chi connectivity index (χ1v) is 33.7. The van der Waals surface area contributed by atoms with Crippen molar-refractivity contribution in [3.63, 3.8) is 0 Å². The lowest BCUT2D eigenvalue weighted by Gasteiger charge is -2.45. The van der Waals surface area contributed by atoms with Gasteiger partial charge in [-0.15, -0.1) is 0 Å². The predicted octanol–water partition coefficient (Wildman–Crippen LogP) is 24.5. The third-order valence-electron chi connectivity index (χ3n) is 17.5. The fourth-order valence-corrected chi connectivity index (χ4v) is 12.6. The largest absolute Gasteiger partial charge is 0.493 e. The number of nitrogens with zero attached hydrogens (tertiary/aromatic N) is 6. The highest BCUT2D eigenvalue weighted by atomic mass is 16.5. The Morgan fingerprint density at radius 1 is 0.309 bits per heavy atom. The van der Waals surface area contributed by atoms with Crippen LogP contribution in [0.1, 0.15) is 290 Å². The molecule has 2 heterocycles. The van der Waals surface area contributed by atoms with Crippen molar-refractivity contribution in [1.29, 1.82) is 0 Å². The predicted molar refractivity (Wildman–Crippen MR) is 348 cm³/mol. The molecule has 0 atom stereocenters. The van der Waals surface area contributed by atoms with Crippen LogP contribution in [0.15, 0.2) is 69.0 Å². The van der Waals surface area contributed by atoms with Crippen molar-refractivity contribution >= 4 is 34.1 Å². The average Bonchev–Trinajstić information content (AvgIpc) is 3.52. The molecule has 81 heavy (non-hydrogen) atoms. The minimum Gasteiger partial charge on any atom is -0.493 e. The Kier molecular flexibility index (Phi) is 30.9. The molecule has 0 unspecified atom stereocenters. The Morgan fingerprint density at radius 3 is 0.840 bits per heavy atom. The molecule has 0 spiro atoms. The number of anilines is 2. The zero-order valence-electron chi connectivity index (χ0n) is 53.1. The molecule has 0 fully saturated rings. The summed E-state index contributed by atoms with van der Waals surface area (Å²) in [6.45, 7) is 21.4. The smallest absolute Gasteiger partial charge is 0.125 e. The number of benzene rings is 4. The van der Waals surface area contributed by atoms with E-state index in [1.165, 1.54) is 241 Å². The van der Waals surface area contributed by atoms with E-state index in [2.05, 4.69) is 114 Å². The van der Waals surface area contributed by atoms with E-state index in [0.717, 1.165) is 113 Å².